The van der Waals surface area contributed by atoms with Crippen LogP contribution in [0.25, 0.3) is 0 Å². The minimum atomic E-state index is -0.265. The molecule has 22 heavy (non-hydrogen) atoms. The van der Waals surface area contributed by atoms with Gasteiger partial charge in [0.05, 0.1) is 23.3 Å². The van der Waals surface area contributed by atoms with Crippen LogP contribution in [-0.4, -0.2) is 27.8 Å². The lowest BCUT2D eigenvalue weighted by atomic mass is 10.1. The molecular weight excluding hydrogens is 280 g/mol. The first-order valence-corrected chi connectivity index (χ1v) is 7.07. The lowest BCUT2D eigenvalue weighted by Crippen LogP contribution is -2.39. The van der Waals surface area contributed by atoms with E-state index in [2.05, 4.69) is 15.3 Å². The Bertz CT molecular complexity index is 727. The van der Waals surface area contributed by atoms with Gasteiger partial charge in [-0.15, -0.1) is 0 Å². The van der Waals surface area contributed by atoms with Crippen LogP contribution < -0.4 is 10.2 Å². The predicted molar refractivity (Wildman–Crippen MR) is 82.7 cm³/mol. The fourth-order valence-electron chi connectivity index (χ4n) is 2.52. The fraction of sp³-hybridized carbons (Fsp3) is 0.250. The number of aromatic nitrogens is 2. The molecule has 0 aliphatic carbocycles. The highest BCUT2D eigenvalue weighted by Gasteiger charge is 2.30. The summed E-state index contributed by atoms with van der Waals surface area (Å²) in [5, 5.41) is 2.83. The Balaban J connectivity index is 2.05. The molecule has 1 aromatic heterocycles. The van der Waals surface area contributed by atoms with Gasteiger partial charge in [0, 0.05) is 18.7 Å². The smallest absolute Gasteiger partial charge is 0.278 e. The van der Waals surface area contributed by atoms with Gasteiger partial charge in [-0.05, 0) is 26.0 Å². The van der Waals surface area contributed by atoms with Gasteiger partial charge in [0.25, 0.3) is 5.91 Å². The number of nitrogens with zero attached hydrogens (tertiary/aromatic N) is 3. The molecule has 1 aliphatic rings. The normalized spacial score (nSPS) is 17.5. The molecule has 1 aliphatic heterocycles. The van der Waals surface area contributed by atoms with E-state index in [0.29, 0.717) is 11.4 Å². The van der Waals surface area contributed by atoms with Crippen molar-refractivity contribution in [3.8, 4) is 0 Å². The van der Waals surface area contributed by atoms with Crippen molar-refractivity contribution < 1.29 is 9.59 Å². The summed E-state index contributed by atoms with van der Waals surface area (Å²) >= 11 is 0. The third-order valence-electron chi connectivity index (χ3n) is 3.58. The Morgan fingerprint density at radius 2 is 2.05 bits per heavy atom. The molecule has 3 rings (SSSR count). The Morgan fingerprint density at radius 3 is 2.77 bits per heavy atom. The highest BCUT2D eigenvalue weighted by Crippen LogP contribution is 2.32. The van der Waals surface area contributed by atoms with Gasteiger partial charge in [0.1, 0.15) is 5.69 Å². The number of anilines is 2. The van der Waals surface area contributed by atoms with Crippen molar-refractivity contribution in [2.45, 2.75) is 26.3 Å². The molecule has 2 amide bonds. The van der Waals surface area contributed by atoms with Crippen molar-refractivity contribution in [2.24, 2.45) is 0 Å². The van der Waals surface area contributed by atoms with E-state index in [0.717, 1.165) is 5.69 Å². The molecule has 2 aromatic rings. The lowest BCUT2D eigenvalue weighted by molar-refractivity contribution is -0.116. The monoisotopic (exact) mass is 296 g/mol. The van der Waals surface area contributed by atoms with Crippen molar-refractivity contribution in [1.29, 1.82) is 0 Å². The number of rotatable bonds is 1. The van der Waals surface area contributed by atoms with E-state index in [-0.39, 0.29) is 30.0 Å². The van der Waals surface area contributed by atoms with Crippen LogP contribution >= 0.6 is 0 Å². The van der Waals surface area contributed by atoms with Gasteiger partial charge in [0.15, 0.2) is 0 Å². The SMILES string of the molecule is Cc1cnc(C(=O)N2c3ccccc3NC(=O)C[C@H]2C)cn1. The highest BCUT2D eigenvalue weighted by atomic mass is 16.2. The first kappa shape index (κ1) is 14.2. The molecule has 1 aromatic carbocycles. The molecule has 6 heteroatoms. The predicted octanol–water partition coefficient (Wildman–Crippen LogP) is 2.16. The van der Waals surface area contributed by atoms with Crippen LogP contribution in [0.2, 0.25) is 0 Å². The minimum Gasteiger partial charge on any atom is -0.324 e. The van der Waals surface area contributed by atoms with Gasteiger partial charge < -0.3 is 10.2 Å². The zero-order valence-corrected chi connectivity index (χ0v) is 12.4. The molecule has 0 saturated carbocycles. The molecule has 0 radical (unpaired) electrons. The number of aryl methyl sites for hydroxylation is 1. The summed E-state index contributed by atoms with van der Waals surface area (Å²) in [6.45, 7) is 3.66. The van der Waals surface area contributed by atoms with Crippen molar-refractivity contribution in [3.63, 3.8) is 0 Å². The van der Waals surface area contributed by atoms with Crippen LogP contribution in [0.1, 0.15) is 29.5 Å². The van der Waals surface area contributed by atoms with Gasteiger partial charge in [-0.2, -0.15) is 0 Å². The molecule has 0 bridgehead atoms. The first-order valence-electron chi connectivity index (χ1n) is 7.07. The quantitative estimate of drug-likeness (QED) is 0.875. The van der Waals surface area contributed by atoms with Crippen molar-refractivity contribution >= 4 is 23.2 Å². The molecule has 6 nitrogen and oxygen atoms in total. The molecular formula is C16H16N4O2. The van der Waals surface area contributed by atoms with Crippen molar-refractivity contribution in [2.75, 3.05) is 10.2 Å². The van der Waals surface area contributed by atoms with Crippen LogP contribution in [0, 0.1) is 6.92 Å². The van der Waals surface area contributed by atoms with Crippen molar-refractivity contribution in [1.82, 2.24) is 9.97 Å². The van der Waals surface area contributed by atoms with Gasteiger partial charge >= 0.3 is 0 Å². The minimum absolute atomic E-state index is 0.106. The average molecular weight is 296 g/mol. The zero-order valence-electron chi connectivity index (χ0n) is 12.4. The standard InChI is InChI=1S/C16H16N4O2/c1-10-8-18-13(9-17-10)16(22)20-11(2)7-15(21)19-12-5-3-4-6-14(12)20/h3-6,8-9,11H,7H2,1-2H3,(H,19,21)/t11-/m1/s1. The Kier molecular flexibility index (Phi) is 3.58. The van der Waals surface area contributed by atoms with Gasteiger partial charge in [-0.25, -0.2) is 4.98 Å². The number of carbonyl (C=O) groups excluding carboxylic acids is 2. The molecule has 0 unspecified atom stereocenters. The first-order chi connectivity index (χ1) is 10.6. The van der Waals surface area contributed by atoms with E-state index in [9.17, 15) is 9.59 Å². The molecule has 112 valence electrons. The molecule has 0 spiro atoms. The zero-order chi connectivity index (χ0) is 15.7. The molecule has 2 heterocycles. The molecule has 1 atom stereocenters. The number of fused-ring (bicyclic) bond motifs is 1. The number of benzene rings is 1. The number of hydrogen-bond donors (Lipinski definition) is 1. The number of nitrogens with one attached hydrogen (secondary N) is 1. The maximum atomic E-state index is 12.8. The van der Waals surface area contributed by atoms with Gasteiger partial charge in [0.2, 0.25) is 5.91 Å². The summed E-state index contributed by atoms with van der Waals surface area (Å²) in [5.41, 5.74) is 2.32. The summed E-state index contributed by atoms with van der Waals surface area (Å²) in [4.78, 5) is 34.6. The van der Waals surface area contributed by atoms with Crippen LogP contribution in [0.15, 0.2) is 36.7 Å². The van der Waals surface area contributed by atoms with Crippen LogP contribution in [0.5, 0.6) is 0 Å². The van der Waals surface area contributed by atoms with Crippen LogP contribution in [0.4, 0.5) is 11.4 Å². The Morgan fingerprint density at radius 1 is 1.27 bits per heavy atom. The Labute approximate surface area is 128 Å². The third kappa shape index (κ3) is 2.55. The van der Waals surface area contributed by atoms with Gasteiger partial charge in [-0.3, -0.25) is 14.6 Å². The number of hydrogen-bond acceptors (Lipinski definition) is 4. The maximum absolute atomic E-state index is 12.8. The maximum Gasteiger partial charge on any atom is 0.278 e. The average Bonchev–Trinajstić information content (AvgIpc) is 2.61. The van der Waals surface area contributed by atoms with Crippen LogP contribution in [0.3, 0.4) is 0 Å². The summed E-state index contributed by atoms with van der Waals surface area (Å²) in [5.74, 6) is -0.366. The second-order valence-electron chi connectivity index (χ2n) is 5.34. The number of amides is 2. The van der Waals surface area contributed by atoms with Crippen molar-refractivity contribution in [3.05, 3.63) is 48.0 Å². The van der Waals surface area contributed by atoms with Crippen LogP contribution in [-0.2, 0) is 4.79 Å². The van der Waals surface area contributed by atoms with E-state index in [1.54, 1.807) is 17.2 Å². The van der Waals surface area contributed by atoms with E-state index in [1.165, 1.54) is 6.20 Å². The third-order valence-corrected chi connectivity index (χ3v) is 3.58. The van der Waals surface area contributed by atoms with E-state index in [1.807, 2.05) is 32.0 Å². The topological polar surface area (TPSA) is 75.2 Å². The molecule has 0 saturated heterocycles. The summed E-state index contributed by atoms with van der Waals surface area (Å²) < 4.78 is 0. The van der Waals surface area contributed by atoms with E-state index >= 15 is 0 Å². The number of carbonyl (C=O) groups is 2. The van der Waals surface area contributed by atoms with E-state index in [4.69, 9.17) is 0 Å². The molecule has 0 fully saturated rings. The van der Waals surface area contributed by atoms with Gasteiger partial charge in [-0.1, -0.05) is 12.1 Å². The highest BCUT2D eigenvalue weighted by molar-refractivity contribution is 6.10. The number of para-hydroxylation sites is 2. The largest absolute Gasteiger partial charge is 0.324 e. The summed E-state index contributed by atoms with van der Waals surface area (Å²) in [6, 6.07) is 7.00. The summed E-state index contributed by atoms with van der Waals surface area (Å²) in [6.07, 6.45) is 3.26. The second-order valence-corrected chi connectivity index (χ2v) is 5.34. The van der Waals surface area contributed by atoms with E-state index < -0.39 is 0 Å². The summed E-state index contributed by atoms with van der Waals surface area (Å²) in [7, 11) is 0. The second kappa shape index (κ2) is 5.55. The lowest BCUT2D eigenvalue weighted by Gasteiger charge is -2.27. The Hall–Kier alpha value is -2.76. The molecule has 1 N–H and O–H groups in total. The fourth-order valence-corrected chi connectivity index (χ4v) is 2.52.